The number of amides is 1. The number of pyridine rings is 1. The van der Waals surface area contributed by atoms with Crippen LogP contribution in [-0.2, 0) is 22.5 Å². The second kappa shape index (κ2) is 9.73. The third kappa shape index (κ3) is 4.67. The molecule has 0 bridgehead atoms. The Morgan fingerprint density at radius 3 is 2.58 bits per heavy atom. The number of hydrogen-bond acceptors (Lipinski definition) is 5. The van der Waals surface area contributed by atoms with Crippen LogP contribution in [-0.4, -0.2) is 39.7 Å². The van der Waals surface area contributed by atoms with E-state index >= 15 is 0 Å². The highest BCUT2D eigenvalue weighted by atomic mass is 16.5. The molecule has 7 heteroatoms. The van der Waals surface area contributed by atoms with E-state index in [9.17, 15) is 14.7 Å². The standard InChI is InChI=1S/C26H27N3O4/c1-3-4-13-29-23-8-6-5-7-19(23)20-15-21(27-16-24(20)29)25(31)28-22(26(32)33-2)14-17-9-11-18(30)12-10-17/h5-12,15-16,22,30H,3-4,13-14H2,1-2H3,(H,28,31)/t22-/m0/s1. The van der Waals surface area contributed by atoms with Gasteiger partial charge in [-0.2, -0.15) is 0 Å². The quantitative estimate of drug-likeness (QED) is 0.396. The molecule has 0 aliphatic carbocycles. The molecule has 4 rings (SSSR count). The number of fused-ring (bicyclic) bond motifs is 3. The highest BCUT2D eigenvalue weighted by Gasteiger charge is 2.24. The first-order valence-electron chi connectivity index (χ1n) is 11.1. The molecule has 7 nitrogen and oxygen atoms in total. The van der Waals surface area contributed by atoms with Crippen molar-refractivity contribution in [3.63, 3.8) is 0 Å². The van der Waals surface area contributed by atoms with Crippen LogP contribution in [0.3, 0.4) is 0 Å². The molecule has 170 valence electrons. The molecule has 0 saturated carbocycles. The van der Waals surface area contributed by atoms with Gasteiger partial charge in [0.05, 0.1) is 18.8 Å². The lowest BCUT2D eigenvalue weighted by atomic mass is 10.1. The Labute approximate surface area is 192 Å². The van der Waals surface area contributed by atoms with Crippen molar-refractivity contribution in [1.29, 1.82) is 0 Å². The van der Waals surface area contributed by atoms with Gasteiger partial charge >= 0.3 is 5.97 Å². The van der Waals surface area contributed by atoms with E-state index in [2.05, 4.69) is 27.9 Å². The van der Waals surface area contributed by atoms with E-state index in [0.29, 0.717) is 0 Å². The van der Waals surface area contributed by atoms with Crippen LogP contribution in [0.1, 0.15) is 35.8 Å². The number of nitrogens with one attached hydrogen (secondary N) is 1. The van der Waals surface area contributed by atoms with E-state index in [-0.39, 0.29) is 17.9 Å². The zero-order valence-electron chi connectivity index (χ0n) is 18.7. The minimum absolute atomic E-state index is 0.132. The summed E-state index contributed by atoms with van der Waals surface area (Å²) in [7, 11) is 1.29. The topological polar surface area (TPSA) is 93.5 Å². The number of phenolic OH excluding ortho intramolecular Hbond substituents is 1. The number of carbonyl (C=O) groups is 2. The predicted octanol–water partition coefficient (Wildman–Crippen LogP) is 4.21. The summed E-state index contributed by atoms with van der Waals surface area (Å²) in [5, 5.41) is 14.3. The fraction of sp³-hybridized carbons (Fsp3) is 0.269. The third-order valence-corrected chi connectivity index (χ3v) is 5.79. The fourth-order valence-electron chi connectivity index (χ4n) is 4.06. The minimum atomic E-state index is -0.879. The van der Waals surface area contributed by atoms with Crippen molar-refractivity contribution in [3.8, 4) is 5.75 Å². The Bertz CT molecular complexity index is 1290. The monoisotopic (exact) mass is 445 g/mol. The summed E-state index contributed by atoms with van der Waals surface area (Å²) in [6.45, 7) is 3.04. The van der Waals surface area contributed by atoms with Crippen LogP contribution in [0.5, 0.6) is 5.75 Å². The predicted molar refractivity (Wildman–Crippen MR) is 127 cm³/mol. The van der Waals surface area contributed by atoms with Crippen molar-refractivity contribution in [2.45, 2.75) is 38.8 Å². The smallest absolute Gasteiger partial charge is 0.328 e. The van der Waals surface area contributed by atoms with Crippen LogP contribution in [0.2, 0.25) is 0 Å². The van der Waals surface area contributed by atoms with Crippen LogP contribution in [0, 0.1) is 0 Å². The van der Waals surface area contributed by atoms with E-state index in [1.165, 1.54) is 19.2 Å². The van der Waals surface area contributed by atoms with Crippen molar-refractivity contribution < 1.29 is 19.4 Å². The molecular formula is C26H27N3O4. The van der Waals surface area contributed by atoms with Crippen LogP contribution in [0.15, 0.2) is 60.8 Å². The second-order valence-corrected chi connectivity index (χ2v) is 8.03. The van der Waals surface area contributed by atoms with Crippen LogP contribution >= 0.6 is 0 Å². The normalized spacial score (nSPS) is 12.1. The van der Waals surface area contributed by atoms with Crippen LogP contribution < -0.4 is 5.32 Å². The van der Waals surface area contributed by atoms with Crippen molar-refractivity contribution in [2.24, 2.45) is 0 Å². The number of nitrogens with zero attached hydrogens (tertiary/aromatic N) is 2. The number of ether oxygens (including phenoxy) is 1. The molecule has 2 heterocycles. The molecular weight excluding hydrogens is 418 g/mol. The van der Waals surface area contributed by atoms with E-state index in [1.807, 2.05) is 18.2 Å². The molecule has 1 atom stereocenters. The van der Waals surface area contributed by atoms with Gasteiger partial charge in [-0.3, -0.25) is 4.79 Å². The van der Waals surface area contributed by atoms with Gasteiger partial charge in [-0.05, 0) is 36.2 Å². The first-order chi connectivity index (χ1) is 16.0. The summed E-state index contributed by atoms with van der Waals surface area (Å²) < 4.78 is 7.13. The maximum Gasteiger partial charge on any atom is 0.328 e. The summed E-state index contributed by atoms with van der Waals surface area (Å²) in [4.78, 5) is 29.8. The molecule has 2 aromatic carbocycles. The lowest BCUT2D eigenvalue weighted by Crippen LogP contribution is -2.43. The molecule has 0 radical (unpaired) electrons. The molecule has 1 amide bonds. The number of methoxy groups -OCH3 is 1. The first-order valence-corrected chi connectivity index (χ1v) is 11.1. The number of aryl methyl sites for hydroxylation is 1. The highest BCUT2D eigenvalue weighted by molar-refractivity contribution is 6.10. The van der Waals surface area contributed by atoms with Crippen molar-refractivity contribution >= 4 is 33.7 Å². The fourth-order valence-corrected chi connectivity index (χ4v) is 4.06. The Morgan fingerprint density at radius 2 is 1.85 bits per heavy atom. The average Bonchev–Trinajstić information content (AvgIpc) is 3.16. The largest absolute Gasteiger partial charge is 0.508 e. The summed E-state index contributed by atoms with van der Waals surface area (Å²) in [6, 6.07) is 15.5. The van der Waals surface area contributed by atoms with E-state index in [1.54, 1.807) is 24.4 Å². The number of aromatic nitrogens is 2. The number of esters is 1. The highest BCUT2D eigenvalue weighted by Crippen LogP contribution is 2.29. The number of carbonyl (C=O) groups excluding carboxylic acids is 2. The Balaban J connectivity index is 1.64. The number of rotatable bonds is 8. The maximum absolute atomic E-state index is 13.1. The third-order valence-electron chi connectivity index (χ3n) is 5.79. The van der Waals surface area contributed by atoms with Crippen molar-refractivity contribution in [1.82, 2.24) is 14.9 Å². The molecule has 0 saturated heterocycles. The van der Waals surface area contributed by atoms with E-state index in [0.717, 1.165) is 46.8 Å². The number of hydrogen-bond donors (Lipinski definition) is 2. The zero-order chi connectivity index (χ0) is 23.4. The van der Waals surface area contributed by atoms with Crippen molar-refractivity contribution in [3.05, 3.63) is 72.1 Å². The van der Waals surface area contributed by atoms with Gasteiger partial charge < -0.3 is 19.7 Å². The molecule has 0 fully saturated rings. The van der Waals surface area contributed by atoms with Gasteiger partial charge in [0.25, 0.3) is 5.91 Å². The lowest BCUT2D eigenvalue weighted by molar-refractivity contribution is -0.142. The minimum Gasteiger partial charge on any atom is -0.508 e. The van der Waals surface area contributed by atoms with Gasteiger partial charge in [0.15, 0.2) is 0 Å². The van der Waals surface area contributed by atoms with Gasteiger partial charge in [0, 0.05) is 29.3 Å². The summed E-state index contributed by atoms with van der Waals surface area (Å²) in [6.07, 6.45) is 4.09. The van der Waals surface area contributed by atoms with Gasteiger partial charge in [-0.1, -0.05) is 43.7 Å². The van der Waals surface area contributed by atoms with Gasteiger partial charge in [-0.15, -0.1) is 0 Å². The molecule has 2 N–H and O–H groups in total. The van der Waals surface area contributed by atoms with Gasteiger partial charge in [0.2, 0.25) is 0 Å². The number of aromatic hydroxyl groups is 1. The van der Waals surface area contributed by atoms with Crippen molar-refractivity contribution in [2.75, 3.05) is 7.11 Å². The number of unbranched alkanes of at least 4 members (excludes halogenated alkanes) is 1. The Hall–Kier alpha value is -3.87. The SMILES string of the molecule is CCCCn1c2ccccc2c2cc(C(=O)N[C@@H](Cc3ccc(O)cc3)C(=O)OC)ncc21. The van der Waals surface area contributed by atoms with E-state index < -0.39 is 17.9 Å². The zero-order valence-corrected chi connectivity index (χ0v) is 18.7. The lowest BCUT2D eigenvalue weighted by Gasteiger charge is -2.16. The summed E-state index contributed by atoms with van der Waals surface area (Å²) >= 11 is 0. The van der Waals surface area contributed by atoms with Gasteiger partial charge in [0.1, 0.15) is 17.5 Å². The van der Waals surface area contributed by atoms with Gasteiger partial charge in [-0.25, -0.2) is 9.78 Å². The molecule has 4 aromatic rings. The average molecular weight is 446 g/mol. The van der Waals surface area contributed by atoms with Crippen LogP contribution in [0.25, 0.3) is 21.8 Å². The maximum atomic E-state index is 13.1. The number of phenols is 1. The molecule has 0 unspecified atom stereocenters. The molecule has 33 heavy (non-hydrogen) atoms. The molecule has 0 spiro atoms. The molecule has 2 aromatic heterocycles. The Morgan fingerprint density at radius 1 is 1.09 bits per heavy atom. The molecule has 0 aliphatic rings. The number of benzene rings is 2. The second-order valence-electron chi connectivity index (χ2n) is 8.03. The van der Waals surface area contributed by atoms with E-state index in [4.69, 9.17) is 4.74 Å². The van der Waals surface area contributed by atoms with Crippen LogP contribution in [0.4, 0.5) is 0 Å². The summed E-state index contributed by atoms with van der Waals surface area (Å²) in [5.41, 5.74) is 3.11. The first kappa shape index (κ1) is 22.3. The summed E-state index contributed by atoms with van der Waals surface area (Å²) in [5.74, 6) is -0.863. The number of para-hydroxylation sites is 1. The Kier molecular flexibility index (Phi) is 6.58. The molecule has 0 aliphatic heterocycles.